The second-order valence-electron chi connectivity index (χ2n) is 5.12. The van der Waals surface area contributed by atoms with Gasteiger partial charge in [-0.3, -0.25) is 9.59 Å². The number of nitrogens with one attached hydrogen (secondary N) is 1. The van der Waals surface area contributed by atoms with Gasteiger partial charge in [-0.1, -0.05) is 12.8 Å². The van der Waals surface area contributed by atoms with E-state index in [1.54, 1.807) is 4.90 Å². The third-order valence-corrected chi connectivity index (χ3v) is 4.20. The Hall–Kier alpha value is -1.11. The normalized spacial score (nSPS) is 15.6. The van der Waals surface area contributed by atoms with Crippen LogP contribution in [0.5, 0.6) is 0 Å². The van der Waals surface area contributed by atoms with Crippen LogP contribution in [0.4, 0.5) is 5.69 Å². The van der Waals surface area contributed by atoms with Crippen molar-refractivity contribution in [3.63, 3.8) is 0 Å². The predicted octanol–water partition coefficient (Wildman–Crippen LogP) is 2.94. The Balaban J connectivity index is 2.01. The van der Waals surface area contributed by atoms with E-state index in [0.29, 0.717) is 18.8 Å². The fourth-order valence-corrected chi connectivity index (χ4v) is 3.01. The van der Waals surface area contributed by atoms with E-state index in [9.17, 15) is 9.59 Å². The summed E-state index contributed by atoms with van der Waals surface area (Å²) in [5, 5.41) is 2.72. The van der Waals surface area contributed by atoms with Crippen molar-refractivity contribution >= 4 is 40.1 Å². The van der Waals surface area contributed by atoms with Crippen molar-refractivity contribution in [1.82, 2.24) is 4.90 Å². The molecule has 1 fully saturated rings. The van der Waals surface area contributed by atoms with Gasteiger partial charge in [0.05, 0.1) is 0 Å². The van der Waals surface area contributed by atoms with Crippen molar-refractivity contribution < 1.29 is 9.59 Å². The molecule has 0 aliphatic carbocycles. The van der Waals surface area contributed by atoms with E-state index in [0.717, 1.165) is 34.8 Å². The van der Waals surface area contributed by atoms with Crippen molar-refractivity contribution in [3.05, 3.63) is 27.3 Å². The molecule has 1 aliphatic heterocycles. The molecule has 0 aromatic heterocycles. The van der Waals surface area contributed by atoms with E-state index in [1.807, 2.05) is 25.1 Å². The molecular formula is C15H19IN2O2. The van der Waals surface area contributed by atoms with Crippen LogP contribution in [-0.4, -0.2) is 29.8 Å². The standard InChI is InChI=1S/C15H19IN2O2/c1-11-10-12(16)6-7-13(11)17-14(19)15(20)18-8-4-2-3-5-9-18/h6-7,10H,2-5,8-9H2,1H3,(H,17,19). The molecule has 1 N–H and O–H groups in total. The first kappa shape index (κ1) is 15.3. The minimum atomic E-state index is -0.531. The summed E-state index contributed by atoms with van der Waals surface area (Å²) in [5.74, 6) is -0.943. The van der Waals surface area contributed by atoms with Crippen molar-refractivity contribution in [2.45, 2.75) is 32.6 Å². The molecule has 4 nitrogen and oxygen atoms in total. The smallest absolute Gasteiger partial charge is 0.313 e. The largest absolute Gasteiger partial charge is 0.334 e. The molecule has 20 heavy (non-hydrogen) atoms. The van der Waals surface area contributed by atoms with Gasteiger partial charge in [0.15, 0.2) is 0 Å². The molecule has 108 valence electrons. The predicted molar refractivity (Wildman–Crippen MR) is 87.6 cm³/mol. The van der Waals surface area contributed by atoms with Crippen LogP contribution in [0.15, 0.2) is 18.2 Å². The number of aryl methyl sites for hydroxylation is 1. The Kier molecular flexibility index (Phi) is 5.39. The summed E-state index contributed by atoms with van der Waals surface area (Å²) in [6, 6.07) is 5.73. The van der Waals surface area contributed by atoms with E-state index < -0.39 is 11.8 Å². The summed E-state index contributed by atoms with van der Waals surface area (Å²) in [6.45, 7) is 3.31. The molecule has 2 amide bonds. The van der Waals surface area contributed by atoms with Gasteiger partial charge in [0.1, 0.15) is 0 Å². The van der Waals surface area contributed by atoms with E-state index in [2.05, 4.69) is 27.9 Å². The minimum absolute atomic E-state index is 0.412. The number of hydrogen-bond donors (Lipinski definition) is 1. The molecule has 1 heterocycles. The number of likely N-dealkylation sites (tertiary alicyclic amines) is 1. The number of anilines is 1. The van der Waals surface area contributed by atoms with Gasteiger partial charge in [0, 0.05) is 22.3 Å². The van der Waals surface area contributed by atoms with Gasteiger partial charge in [-0.2, -0.15) is 0 Å². The van der Waals surface area contributed by atoms with Crippen LogP contribution in [0, 0.1) is 10.5 Å². The zero-order chi connectivity index (χ0) is 14.5. The van der Waals surface area contributed by atoms with Crippen LogP contribution < -0.4 is 5.32 Å². The number of halogens is 1. The average Bonchev–Trinajstić information content (AvgIpc) is 2.70. The number of carbonyl (C=O) groups is 2. The summed E-state index contributed by atoms with van der Waals surface area (Å²) < 4.78 is 1.11. The highest BCUT2D eigenvalue weighted by Gasteiger charge is 2.22. The molecule has 0 radical (unpaired) electrons. The molecule has 1 aromatic rings. The molecule has 5 heteroatoms. The highest BCUT2D eigenvalue weighted by molar-refractivity contribution is 14.1. The lowest BCUT2D eigenvalue weighted by molar-refractivity contribution is -0.143. The number of rotatable bonds is 1. The molecule has 2 rings (SSSR count). The molecule has 0 unspecified atom stereocenters. The lowest BCUT2D eigenvalue weighted by Gasteiger charge is -2.19. The minimum Gasteiger partial charge on any atom is -0.334 e. The van der Waals surface area contributed by atoms with Gasteiger partial charge in [-0.25, -0.2) is 0 Å². The second kappa shape index (κ2) is 7.06. The second-order valence-corrected chi connectivity index (χ2v) is 6.37. The Morgan fingerprint density at radius 1 is 1.15 bits per heavy atom. The van der Waals surface area contributed by atoms with E-state index in [-0.39, 0.29) is 0 Å². The molecule has 0 saturated carbocycles. The third kappa shape index (κ3) is 3.94. The zero-order valence-electron chi connectivity index (χ0n) is 11.6. The Morgan fingerprint density at radius 2 is 1.80 bits per heavy atom. The van der Waals surface area contributed by atoms with Crippen LogP contribution in [0.2, 0.25) is 0 Å². The number of amides is 2. The van der Waals surface area contributed by atoms with Crippen LogP contribution in [0.3, 0.4) is 0 Å². The van der Waals surface area contributed by atoms with Gasteiger partial charge in [0.25, 0.3) is 0 Å². The maximum Gasteiger partial charge on any atom is 0.313 e. The summed E-state index contributed by atoms with van der Waals surface area (Å²) in [4.78, 5) is 25.9. The monoisotopic (exact) mass is 386 g/mol. The lowest BCUT2D eigenvalue weighted by atomic mass is 10.2. The maximum atomic E-state index is 12.1. The van der Waals surface area contributed by atoms with Crippen LogP contribution in [-0.2, 0) is 9.59 Å². The molecule has 0 spiro atoms. The van der Waals surface area contributed by atoms with Crippen molar-refractivity contribution in [2.75, 3.05) is 18.4 Å². The van der Waals surface area contributed by atoms with Gasteiger partial charge < -0.3 is 10.2 Å². The topological polar surface area (TPSA) is 49.4 Å². The van der Waals surface area contributed by atoms with Gasteiger partial charge >= 0.3 is 11.8 Å². The number of nitrogens with zero attached hydrogens (tertiary/aromatic N) is 1. The molecule has 1 aliphatic rings. The highest BCUT2D eigenvalue weighted by Crippen LogP contribution is 2.18. The fraction of sp³-hybridized carbons (Fsp3) is 0.467. The van der Waals surface area contributed by atoms with Crippen LogP contribution >= 0.6 is 22.6 Å². The van der Waals surface area contributed by atoms with Gasteiger partial charge in [0.2, 0.25) is 0 Å². The fourth-order valence-electron chi connectivity index (χ4n) is 2.36. The van der Waals surface area contributed by atoms with E-state index in [4.69, 9.17) is 0 Å². The lowest BCUT2D eigenvalue weighted by Crippen LogP contribution is -2.40. The van der Waals surface area contributed by atoms with Crippen molar-refractivity contribution in [3.8, 4) is 0 Å². The maximum absolute atomic E-state index is 12.1. The van der Waals surface area contributed by atoms with Crippen molar-refractivity contribution in [1.29, 1.82) is 0 Å². The third-order valence-electron chi connectivity index (χ3n) is 3.52. The van der Waals surface area contributed by atoms with Gasteiger partial charge in [-0.15, -0.1) is 0 Å². The summed E-state index contributed by atoms with van der Waals surface area (Å²) in [5.41, 5.74) is 1.67. The number of benzene rings is 1. The van der Waals surface area contributed by atoms with Crippen LogP contribution in [0.1, 0.15) is 31.2 Å². The number of carbonyl (C=O) groups excluding carboxylic acids is 2. The quantitative estimate of drug-likeness (QED) is 0.596. The highest BCUT2D eigenvalue weighted by atomic mass is 127. The van der Waals surface area contributed by atoms with Crippen molar-refractivity contribution in [2.24, 2.45) is 0 Å². The molecule has 1 aromatic carbocycles. The molecular weight excluding hydrogens is 367 g/mol. The summed E-state index contributed by atoms with van der Waals surface area (Å²) >= 11 is 2.22. The first-order valence-electron chi connectivity index (χ1n) is 6.94. The van der Waals surface area contributed by atoms with E-state index >= 15 is 0 Å². The molecule has 0 atom stereocenters. The Morgan fingerprint density at radius 3 is 2.40 bits per heavy atom. The Labute approximate surface area is 133 Å². The molecule has 0 bridgehead atoms. The van der Waals surface area contributed by atoms with Crippen LogP contribution in [0.25, 0.3) is 0 Å². The summed E-state index contributed by atoms with van der Waals surface area (Å²) in [6.07, 6.45) is 4.26. The van der Waals surface area contributed by atoms with E-state index in [1.165, 1.54) is 0 Å². The SMILES string of the molecule is Cc1cc(I)ccc1NC(=O)C(=O)N1CCCCCC1. The Bertz CT molecular complexity index is 509. The average molecular weight is 386 g/mol. The number of hydrogen-bond acceptors (Lipinski definition) is 2. The zero-order valence-corrected chi connectivity index (χ0v) is 13.8. The first-order valence-corrected chi connectivity index (χ1v) is 8.02. The molecule has 1 saturated heterocycles. The summed E-state index contributed by atoms with van der Waals surface area (Å²) in [7, 11) is 0. The van der Waals surface area contributed by atoms with Gasteiger partial charge in [-0.05, 0) is 66.1 Å². The first-order chi connectivity index (χ1) is 9.58.